The van der Waals surface area contributed by atoms with Crippen LogP contribution in [0.4, 0.5) is 0 Å². The van der Waals surface area contributed by atoms with E-state index < -0.39 is 0 Å². The van der Waals surface area contributed by atoms with Crippen molar-refractivity contribution in [2.75, 3.05) is 26.3 Å². The molecule has 0 heterocycles. The minimum atomic E-state index is 0.749. The average Bonchev–Trinajstić information content (AvgIpc) is 2.71. The molecule has 0 spiro atoms. The van der Waals surface area contributed by atoms with Crippen LogP contribution < -0.4 is 10.2 Å². The maximum Gasteiger partial charge on any atom is 0.119 e. The third-order valence-electron chi connectivity index (χ3n) is 4.26. The van der Waals surface area contributed by atoms with E-state index in [1.807, 2.05) is 11.2 Å². The van der Waals surface area contributed by atoms with Crippen molar-refractivity contribution in [3.63, 3.8) is 0 Å². The molecule has 0 unspecified atom stereocenters. The molecule has 0 aliphatic rings. The topological polar surface area (TPSA) is 33.7 Å². The maximum absolute atomic E-state index is 5.92. The highest BCUT2D eigenvalue weighted by atomic mass is 16.7. The predicted octanol–water partition coefficient (Wildman–Crippen LogP) is 4.80. The van der Waals surface area contributed by atoms with Crippen LogP contribution in [-0.2, 0) is 17.7 Å². The zero-order valence-electron chi connectivity index (χ0n) is 16.8. The molecule has 2 aromatic rings. The zero-order chi connectivity index (χ0) is 19.2. The summed E-state index contributed by atoms with van der Waals surface area (Å²) in [6.45, 7) is 7.47. The monoisotopic (exact) mass is 370 g/mol. The van der Waals surface area contributed by atoms with Crippen LogP contribution in [0, 0.1) is 0 Å². The van der Waals surface area contributed by atoms with Gasteiger partial charge in [0.15, 0.2) is 0 Å². The van der Waals surface area contributed by atoms with Crippen LogP contribution in [0.25, 0.3) is 0 Å². The molecule has 1 N–H and O–H groups in total. The number of hydroxylamine groups is 1. The van der Waals surface area contributed by atoms with Crippen molar-refractivity contribution in [2.45, 2.75) is 46.0 Å². The van der Waals surface area contributed by atoms with E-state index in [0.29, 0.717) is 0 Å². The second-order valence-corrected chi connectivity index (χ2v) is 6.68. The summed E-state index contributed by atoms with van der Waals surface area (Å²) in [5.74, 6) is 0.953. The Morgan fingerprint density at radius 1 is 0.852 bits per heavy atom. The van der Waals surface area contributed by atoms with E-state index in [1.165, 1.54) is 11.1 Å². The molecule has 0 bridgehead atoms. The summed E-state index contributed by atoms with van der Waals surface area (Å²) in [5, 5.41) is 1.90. The highest BCUT2D eigenvalue weighted by molar-refractivity contribution is 5.28. The summed E-state index contributed by atoms with van der Waals surface area (Å²) >= 11 is 0. The van der Waals surface area contributed by atoms with Gasteiger partial charge in [-0.3, -0.25) is 4.84 Å². The highest BCUT2D eigenvalue weighted by Gasteiger charge is 2.06. The Labute approximate surface area is 164 Å². The van der Waals surface area contributed by atoms with Gasteiger partial charge in [-0.15, -0.1) is 5.17 Å². The van der Waals surface area contributed by atoms with Crippen molar-refractivity contribution in [1.82, 2.24) is 10.6 Å². The quantitative estimate of drug-likeness (QED) is 0.383. The largest absolute Gasteiger partial charge is 0.494 e. The van der Waals surface area contributed by atoms with Crippen LogP contribution in [0.15, 0.2) is 54.6 Å². The van der Waals surface area contributed by atoms with Crippen molar-refractivity contribution in [3.8, 4) is 5.75 Å². The predicted molar refractivity (Wildman–Crippen MR) is 112 cm³/mol. The van der Waals surface area contributed by atoms with Gasteiger partial charge in [0.05, 0.1) is 13.2 Å². The molecule has 27 heavy (non-hydrogen) atoms. The summed E-state index contributed by atoms with van der Waals surface area (Å²) in [7, 11) is 0. The van der Waals surface area contributed by atoms with Gasteiger partial charge in [0, 0.05) is 13.1 Å². The molecule has 0 aliphatic heterocycles. The van der Waals surface area contributed by atoms with E-state index in [1.54, 1.807) is 0 Å². The molecule has 0 saturated carbocycles. The molecule has 2 rings (SSSR count). The lowest BCUT2D eigenvalue weighted by molar-refractivity contribution is -0.195. The van der Waals surface area contributed by atoms with Crippen LogP contribution >= 0.6 is 0 Å². The van der Waals surface area contributed by atoms with Gasteiger partial charge in [0.1, 0.15) is 5.75 Å². The molecule has 4 heteroatoms. The fraction of sp³-hybridized carbons (Fsp3) is 0.478. The van der Waals surface area contributed by atoms with E-state index in [9.17, 15) is 0 Å². The fourth-order valence-electron chi connectivity index (χ4n) is 2.72. The number of hydrazine groups is 1. The average molecular weight is 371 g/mol. The minimum Gasteiger partial charge on any atom is -0.494 e. The molecule has 2 aromatic carbocycles. The Morgan fingerprint density at radius 3 is 2.44 bits per heavy atom. The lowest BCUT2D eigenvalue weighted by atomic mass is 10.1. The number of hydrogen-bond donors (Lipinski definition) is 1. The number of benzene rings is 2. The molecule has 148 valence electrons. The van der Waals surface area contributed by atoms with Gasteiger partial charge >= 0.3 is 0 Å². The van der Waals surface area contributed by atoms with E-state index in [2.05, 4.69) is 67.8 Å². The smallest absolute Gasteiger partial charge is 0.119 e. The fourth-order valence-corrected chi connectivity index (χ4v) is 2.72. The summed E-state index contributed by atoms with van der Waals surface area (Å²) in [5.41, 5.74) is 6.02. The number of rotatable bonds is 14. The first-order valence-electron chi connectivity index (χ1n) is 10.2. The first kappa shape index (κ1) is 21.4. The van der Waals surface area contributed by atoms with Gasteiger partial charge in [0.25, 0.3) is 0 Å². The van der Waals surface area contributed by atoms with Crippen molar-refractivity contribution >= 4 is 0 Å². The normalized spacial score (nSPS) is 11.1. The zero-order valence-corrected chi connectivity index (χ0v) is 16.8. The molecule has 4 nitrogen and oxygen atoms in total. The van der Waals surface area contributed by atoms with Crippen LogP contribution in [-0.4, -0.2) is 31.5 Å². The Kier molecular flexibility index (Phi) is 10.6. The first-order chi connectivity index (χ1) is 13.3. The highest BCUT2D eigenvalue weighted by Crippen LogP contribution is 2.14. The lowest BCUT2D eigenvalue weighted by Gasteiger charge is -2.23. The van der Waals surface area contributed by atoms with E-state index in [0.717, 1.165) is 64.2 Å². The van der Waals surface area contributed by atoms with Gasteiger partial charge < -0.3 is 4.74 Å². The number of nitrogens with one attached hydrogen (secondary N) is 1. The van der Waals surface area contributed by atoms with Gasteiger partial charge in [-0.1, -0.05) is 62.7 Å². The maximum atomic E-state index is 5.92. The molecule has 0 atom stereocenters. The number of nitrogens with zero attached hydrogens (tertiary/aromatic N) is 1. The number of ether oxygens (including phenoxy) is 1. The third kappa shape index (κ3) is 9.05. The van der Waals surface area contributed by atoms with Crippen LogP contribution in [0.2, 0.25) is 0 Å². The van der Waals surface area contributed by atoms with Gasteiger partial charge in [-0.2, -0.15) is 0 Å². The van der Waals surface area contributed by atoms with Crippen LogP contribution in [0.1, 0.15) is 44.2 Å². The van der Waals surface area contributed by atoms with E-state index >= 15 is 0 Å². The summed E-state index contributed by atoms with van der Waals surface area (Å²) < 4.78 is 5.72. The molecule has 0 fully saturated rings. The van der Waals surface area contributed by atoms with Crippen LogP contribution in [0.3, 0.4) is 0 Å². The number of unbranched alkanes of at least 4 members (excludes halogenated alkanes) is 1. The molecule has 0 saturated heterocycles. The third-order valence-corrected chi connectivity index (χ3v) is 4.26. The second kappa shape index (κ2) is 13.3. The minimum absolute atomic E-state index is 0.749. The SMILES string of the molecule is CCCCON(CCc1ccccc1)NCCc1cccc(OCCC)c1. The molecular formula is C23H34N2O2. The Balaban J connectivity index is 1.79. The van der Waals surface area contributed by atoms with Gasteiger partial charge in [0.2, 0.25) is 0 Å². The molecule has 0 radical (unpaired) electrons. The Morgan fingerprint density at radius 2 is 1.67 bits per heavy atom. The van der Waals surface area contributed by atoms with Crippen molar-refractivity contribution < 1.29 is 9.57 Å². The summed E-state index contributed by atoms with van der Waals surface area (Å²) in [4.78, 5) is 5.92. The van der Waals surface area contributed by atoms with E-state index in [-0.39, 0.29) is 0 Å². The van der Waals surface area contributed by atoms with E-state index in [4.69, 9.17) is 9.57 Å². The standard InChI is InChI=1S/C23H34N2O2/c1-3-5-19-27-25(17-15-21-10-7-6-8-11-21)24-16-14-22-12-9-13-23(20-22)26-18-4-2/h6-13,20,24H,3-5,14-19H2,1-2H3. The van der Waals surface area contributed by atoms with Crippen LogP contribution in [0.5, 0.6) is 5.75 Å². The summed E-state index contributed by atoms with van der Waals surface area (Å²) in [6.07, 6.45) is 5.12. The number of hydrogen-bond acceptors (Lipinski definition) is 4. The van der Waals surface area contributed by atoms with Crippen molar-refractivity contribution in [1.29, 1.82) is 0 Å². The lowest BCUT2D eigenvalue weighted by Crippen LogP contribution is -2.40. The van der Waals surface area contributed by atoms with Crippen molar-refractivity contribution in [2.24, 2.45) is 0 Å². The van der Waals surface area contributed by atoms with Crippen molar-refractivity contribution in [3.05, 3.63) is 65.7 Å². The second-order valence-electron chi connectivity index (χ2n) is 6.68. The molecule has 0 aromatic heterocycles. The van der Waals surface area contributed by atoms with Gasteiger partial charge in [-0.05, 0) is 48.9 Å². The Hall–Kier alpha value is -1.88. The molecule has 0 aliphatic carbocycles. The molecular weight excluding hydrogens is 336 g/mol. The molecule has 0 amide bonds. The Bertz CT molecular complexity index is 619. The first-order valence-corrected chi connectivity index (χ1v) is 10.2. The summed E-state index contributed by atoms with van der Waals surface area (Å²) in [6, 6.07) is 18.9. The van der Waals surface area contributed by atoms with Gasteiger partial charge in [-0.25, -0.2) is 5.43 Å².